The van der Waals surface area contributed by atoms with Gasteiger partial charge in [-0.3, -0.25) is 0 Å². The lowest BCUT2D eigenvalue weighted by Crippen LogP contribution is -2.33. The van der Waals surface area contributed by atoms with Crippen molar-refractivity contribution in [3.8, 4) is 0 Å². The van der Waals surface area contributed by atoms with Crippen molar-refractivity contribution >= 4 is 29.1 Å². The number of aryl methyl sites for hydroxylation is 1. The van der Waals surface area contributed by atoms with Crippen LogP contribution in [0.15, 0.2) is 115 Å². The molecular weight excluding hydrogens is 411 g/mol. The molecule has 0 heterocycles. The minimum Gasteiger partial charge on any atom is -0.465 e. The van der Waals surface area contributed by atoms with E-state index in [2.05, 4.69) is 91.0 Å². The van der Waals surface area contributed by atoms with Gasteiger partial charge in [0, 0.05) is 0 Å². The van der Waals surface area contributed by atoms with Gasteiger partial charge in [0.05, 0.1) is 18.8 Å². The molecule has 3 heteroatoms. The van der Waals surface area contributed by atoms with Crippen LogP contribution in [-0.2, 0) is 11.2 Å². The molecule has 0 N–H and O–H groups in total. The summed E-state index contributed by atoms with van der Waals surface area (Å²) < 4.78 is 4.81. The fourth-order valence-corrected chi connectivity index (χ4v) is 8.67. The van der Waals surface area contributed by atoms with E-state index in [-0.39, 0.29) is 5.97 Å². The first-order valence-corrected chi connectivity index (χ1v) is 12.9. The molecule has 0 aliphatic rings. The summed E-state index contributed by atoms with van der Waals surface area (Å²) in [6, 6.07) is 40.7. The summed E-state index contributed by atoms with van der Waals surface area (Å²) in [5.41, 5.74) is 1.83. The minimum absolute atomic E-state index is 0.293. The van der Waals surface area contributed by atoms with Crippen LogP contribution in [0.1, 0.15) is 22.3 Å². The van der Waals surface area contributed by atoms with Crippen LogP contribution in [0, 0.1) is 0 Å². The van der Waals surface area contributed by atoms with Gasteiger partial charge in [-0.05, 0) is 66.9 Å². The van der Waals surface area contributed by atoms with E-state index < -0.39 is 7.26 Å². The normalized spacial score (nSPS) is 11.2. The van der Waals surface area contributed by atoms with Gasteiger partial charge in [-0.2, -0.15) is 0 Å². The van der Waals surface area contributed by atoms with E-state index in [1.165, 1.54) is 28.6 Å². The molecule has 0 spiro atoms. The zero-order chi connectivity index (χ0) is 22.2. The third-order valence-electron chi connectivity index (χ3n) is 5.92. The summed E-state index contributed by atoms with van der Waals surface area (Å²) in [5, 5.41) is 4.25. The highest BCUT2D eigenvalue weighted by molar-refractivity contribution is 7.95. The molecule has 4 aromatic carbocycles. The van der Waals surface area contributed by atoms with E-state index in [4.69, 9.17) is 4.74 Å². The Bertz CT molecular complexity index is 1030. The number of esters is 1. The van der Waals surface area contributed by atoms with Crippen LogP contribution >= 0.6 is 7.26 Å². The predicted molar refractivity (Wildman–Crippen MR) is 136 cm³/mol. The van der Waals surface area contributed by atoms with Crippen LogP contribution < -0.4 is 15.9 Å². The van der Waals surface area contributed by atoms with E-state index in [9.17, 15) is 4.79 Å². The van der Waals surface area contributed by atoms with Gasteiger partial charge in [0.2, 0.25) is 0 Å². The second-order valence-corrected chi connectivity index (χ2v) is 11.4. The summed E-state index contributed by atoms with van der Waals surface area (Å²) in [5.74, 6) is -0.293. The van der Waals surface area contributed by atoms with E-state index in [1.54, 1.807) is 0 Å². The Morgan fingerprint density at radius 1 is 0.656 bits per heavy atom. The monoisotopic (exact) mass is 439 g/mol. The molecule has 32 heavy (non-hydrogen) atoms. The summed E-state index contributed by atoms with van der Waals surface area (Å²) in [6.45, 7) is 0. The molecule has 0 radical (unpaired) electrons. The molecule has 0 saturated heterocycles. The molecule has 0 atom stereocenters. The van der Waals surface area contributed by atoms with Crippen LogP contribution in [-0.4, -0.2) is 19.2 Å². The van der Waals surface area contributed by atoms with Gasteiger partial charge in [0.25, 0.3) is 0 Å². The maximum absolute atomic E-state index is 11.7. The molecule has 0 amide bonds. The molecule has 0 unspecified atom stereocenters. The SMILES string of the molecule is COC(=O)c1ccc(CCC[P+](c2ccccc2)(c2ccccc2)c2ccccc2)cc1. The van der Waals surface area contributed by atoms with Crippen molar-refractivity contribution in [3.63, 3.8) is 0 Å². The van der Waals surface area contributed by atoms with E-state index in [0.717, 1.165) is 19.0 Å². The van der Waals surface area contributed by atoms with Crippen molar-refractivity contribution in [1.82, 2.24) is 0 Å². The molecule has 0 aliphatic carbocycles. The lowest BCUT2D eigenvalue weighted by Gasteiger charge is -2.27. The number of hydrogen-bond donors (Lipinski definition) is 0. The molecule has 2 nitrogen and oxygen atoms in total. The second kappa shape index (κ2) is 10.4. The highest BCUT2D eigenvalue weighted by Gasteiger charge is 2.44. The van der Waals surface area contributed by atoms with E-state index in [1.807, 2.05) is 24.3 Å². The number of methoxy groups -OCH3 is 1. The zero-order valence-corrected chi connectivity index (χ0v) is 19.2. The first-order chi connectivity index (χ1) is 15.7. The van der Waals surface area contributed by atoms with Crippen LogP contribution in [0.5, 0.6) is 0 Å². The van der Waals surface area contributed by atoms with E-state index >= 15 is 0 Å². The highest BCUT2D eigenvalue weighted by atomic mass is 31.2. The molecule has 0 aromatic heterocycles. The van der Waals surface area contributed by atoms with Crippen molar-refractivity contribution in [2.45, 2.75) is 12.8 Å². The largest absolute Gasteiger partial charge is 0.465 e. The Hall–Kier alpha value is -3.22. The van der Waals surface area contributed by atoms with Gasteiger partial charge >= 0.3 is 5.97 Å². The van der Waals surface area contributed by atoms with Crippen LogP contribution in [0.2, 0.25) is 0 Å². The highest BCUT2D eigenvalue weighted by Crippen LogP contribution is 2.55. The van der Waals surface area contributed by atoms with Gasteiger partial charge in [-0.1, -0.05) is 66.7 Å². The Morgan fingerprint density at radius 3 is 1.50 bits per heavy atom. The maximum atomic E-state index is 11.7. The Morgan fingerprint density at radius 2 is 1.09 bits per heavy atom. The predicted octanol–water partition coefficient (Wildman–Crippen LogP) is 5.40. The van der Waals surface area contributed by atoms with Gasteiger partial charge in [0.1, 0.15) is 23.2 Å². The van der Waals surface area contributed by atoms with Crippen molar-refractivity contribution in [2.24, 2.45) is 0 Å². The first-order valence-electron chi connectivity index (χ1n) is 11.0. The van der Waals surface area contributed by atoms with Crippen molar-refractivity contribution in [2.75, 3.05) is 13.3 Å². The molecule has 0 saturated carbocycles. The molecule has 0 aliphatic heterocycles. The fraction of sp³-hybridized carbons (Fsp3) is 0.138. The lowest BCUT2D eigenvalue weighted by molar-refractivity contribution is 0.0600. The van der Waals surface area contributed by atoms with Crippen molar-refractivity contribution in [1.29, 1.82) is 0 Å². The summed E-state index contributed by atoms with van der Waals surface area (Å²) >= 11 is 0. The molecule has 160 valence electrons. The number of ether oxygens (including phenoxy) is 1. The van der Waals surface area contributed by atoms with Crippen LogP contribution in [0.4, 0.5) is 0 Å². The zero-order valence-electron chi connectivity index (χ0n) is 18.4. The summed E-state index contributed by atoms with van der Waals surface area (Å²) in [7, 11) is -0.381. The third kappa shape index (κ3) is 4.66. The quantitative estimate of drug-likeness (QED) is 0.271. The Labute approximate surface area is 191 Å². The van der Waals surface area contributed by atoms with Gasteiger partial charge in [-0.15, -0.1) is 0 Å². The van der Waals surface area contributed by atoms with E-state index in [0.29, 0.717) is 5.56 Å². The maximum Gasteiger partial charge on any atom is 0.337 e. The van der Waals surface area contributed by atoms with Crippen molar-refractivity contribution in [3.05, 3.63) is 126 Å². The second-order valence-electron chi connectivity index (χ2n) is 7.83. The number of hydrogen-bond acceptors (Lipinski definition) is 2. The molecule has 0 bridgehead atoms. The molecular formula is C29H28O2P+. The molecule has 4 rings (SSSR count). The standard InChI is InChI=1S/C29H28O2P/c1-31-29(30)25-21-19-24(20-22-25)12-11-23-32(26-13-5-2-6-14-26,27-15-7-3-8-16-27)28-17-9-4-10-18-28/h2-10,13-22H,11-12,23H2,1H3/q+1. The van der Waals surface area contributed by atoms with Crippen LogP contribution in [0.3, 0.4) is 0 Å². The third-order valence-corrected chi connectivity index (χ3v) is 10.5. The first kappa shape index (κ1) is 22.0. The van der Waals surface area contributed by atoms with Gasteiger partial charge in [0.15, 0.2) is 0 Å². The summed E-state index contributed by atoms with van der Waals surface area (Å²) in [6.07, 6.45) is 3.11. The average molecular weight is 440 g/mol. The number of benzene rings is 4. The van der Waals surface area contributed by atoms with Gasteiger partial charge < -0.3 is 4.74 Å². The fourth-order valence-electron chi connectivity index (χ4n) is 4.33. The Kier molecular flexibility index (Phi) is 7.14. The molecule has 0 fully saturated rings. The topological polar surface area (TPSA) is 26.3 Å². The minimum atomic E-state index is -1.79. The molecule has 4 aromatic rings. The number of carbonyl (C=O) groups excluding carboxylic acids is 1. The summed E-state index contributed by atoms with van der Waals surface area (Å²) in [4.78, 5) is 11.7. The Balaban J connectivity index is 1.68. The van der Waals surface area contributed by atoms with Gasteiger partial charge in [-0.25, -0.2) is 4.79 Å². The van der Waals surface area contributed by atoms with Crippen molar-refractivity contribution < 1.29 is 9.53 Å². The lowest BCUT2D eigenvalue weighted by atomic mass is 10.1. The van der Waals surface area contributed by atoms with Crippen LogP contribution in [0.25, 0.3) is 0 Å². The number of rotatable bonds is 8. The smallest absolute Gasteiger partial charge is 0.337 e. The average Bonchev–Trinajstić information content (AvgIpc) is 2.88. The number of carbonyl (C=O) groups is 1.